The third-order valence-corrected chi connectivity index (χ3v) is 3.76. The molecule has 3 atom stereocenters. The van der Waals surface area contributed by atoms with E-state index in [-0.39, 0.29) is 0 Å². The summed E-state index contributed by atoms with van der Waals surface area (Å²) in [6, 6.07) is 1.61. The molecule has 0 radical (unpaired) electrons. The molecule has 0 amide bonds. The molecule has 1 nitrogen and oxygen atoms in total. The van der Waals surface area contributed by atoms with Gasteiger partial charge in [0.15, 0.2) is 0 Å². The Labute approximate surface area is 89.7 Å². The molecule has 0 saturated heterocycles. The highest BCUT2D eigenvalue weighted by Crippen LogP contribution is 2.28. The number of hydrogen-bond acceptors (Lipinski definition) is 1. The topological polar surface area (TPSA) is 12.0 Å². The molecule has 1 fully saturated rings. The van der Waals surface area contributed by atoms with Gasteiger partial charge in [-0.05, 0) is 31.6 Å². The number of nitrogens with one attached hydrogen (secondary N) is 1. The van der Waals surface area contributed by atoms with Crippen LogP contribution in [0.4, 0.5) is 0 Å². The molecule has 1 heteroatoms. The third-order valence-electron chi connectivity index (χ3n) is 3.76. The van der Waals surface area contributed by atoms with Crippen LogP contribution in [0.2, 0.25) is 0 Å². The van der Waals surface area contributed by atoms with Crippen LogP contribution in [0.3, 0.4) is 0 Å². The summed E-state index contributed by atoms with van der Waals surface area (Å²) >= 11 is 0. The lowest BCUT2D eigenvalue weighted by Crippen LogP contribution is -2.39. The number of hydrogen-bond donors (Lipinski definition) is 1. The lowest BCUT2D eigenvalue weighted by molar-refractivity contribution is 0.331. The Bertz CT molecular complexity index is 144. The van der Waals surface area contributed by atoms with Crippen LogP contribution in [0.5, 0.6) is 0 Å². The van der Waals surface area contributed by atoms with Gasteiger partial charge in [-0.25, -0.2) is 0 Å². The van der Waals surface area contributed by atoms with Gasteiger partial charge in [0.05, 0.1) is 0 Å². The summed E-state index contributed by atoms with van der Waals surface area (Å²) in [5.41, 5.74) is 0. The van der Waals surface area contributed by atoms with Crippen LogP contribution in [0.25, 0.3) is 0 Å². The molecule has 1 aliphatic carbocycles. The Hall–Kier alpha value is -0.0400. The largest absolute Gasteiger partial charge is 0.311 e. The van der Waals surface area contributed by atoms with Gasteiger partial charge in [0.1, 0.15) is 0 Å². The lowest BCUT2D eigenvalue weighted by Gasteiger charge is -2.25. The molecule has 0 aromatic carbocycles. The first-order valence-corrected chi connectivity index (χ1v) is 6.57. The van der Waals surface area contributed by atoms with Gasteiger partial charge < -0.3 is 5.32 Å². The van der Waals surface area contributed by atoms with E-state index >= 15 is 0 Å². The second kappa shape index (κ2) is 6.44. The molecule has 1 N–H and O–H groups in total. The van der Waals surface area contributed by atoms with Gasteiger partial charge in [-0.3, -0.25) is 0 Å². The van der Waals surface area contributed by atoms with Crippen molar-refractivity contribution in [1.29, 1.82) is 0 Å². The first-order valence-electron chi connectivity index (χ1n) is 6.57. The van der Waals surface area contributed by atoms with Crippen molar-refractivity contribution in [3.05, 3.63) is 0 Å². The third kappa shape index (κ3) is 3.27. The summed E-state index contributed by atoms with van der Waals surface area (Å²) in [5, 5.41) is 3.87. The van der Waals surface area contributed by atoms with Gasteiger partial charge in [-0.15, -0.1) is 0 Å². The Morgan fingerprint density at radius 2 is 2.00 bits per heavy atom. The fraction of sp³-hybridized carbons (Fsp3) is 1.00. The van der Waals surface area contributed by atoms with Gasteiger partial charge in [0.2, 0.25) is 0 Å². The van der Waals surface area contributed by atoms with Gasteiger partial charge >= 0.3 is 0 Å². The maximum absolute atomic E-state index is 3.87. The van der Waals surface area contributed by atoms with E-state index in [9.17, 15) is 0 Å². The van der Waals surface area contributed by atoms with E-state index in [0.717, 1.165) is 18.0 Å². The quantitative estimate of drug-likeness (QED) is 0.684. The van der Waals surface area contributed by atoms with Crippen LogP contribution in [0, 0.1) is 5.92 Å². The van der Waals surface area contributed by atoms with Gasteiger partial charge in [0.25, 0.3) is 0 Å². The minimum absolute atomic E-state index is 0.775. The molecule has 1 saturated carbocycles. The number of rotatable bonds is 6. The highest BCUT2D eigenvalue weighted by molar-refractivity contribution is 4.84. The van der Waals surface area contributed by atoms with E-state index < -0.39 is 0 Å². The average Bonchev–Trinajstić information content (AvgIpc) is 2.64. The zero-order valence-corrected chi connectivity index (χ0v) is 10.2. The monoisotopic (exact) mass is 197 g/mol. The molecule has 1 rings (SSSR count). The summed E-state index contributed by atoms with van der Waals surface area (Å²) in [6.07, 6.45) is 9.63. The fourth-order valence-corrected chi connectivity index (χ4v) is 2.80. The molecule has 0 aromatic heterocycles. The zero-order chi connectivity index (χ0) is 10.4. The van der Waals surface area contributed by atoms with E-state index in [1.807, 2.05) is 0 Å². The van der Waals surface area contributed by atoms with Gasteiger partial charge in [0, 0.05) is 12.1 Å². The first-order chi connectivity index (χ1) is 6.81. The standard InChI is InChI=1S/C13H27N/c1-4-8-12(6-3)14-13-10-7-9-11(13)5-2/h11-14H,4-10H2,1-3H3. The summed E-state index contributed by atoms with van der Waals surface area (Å²) in [5.74, 6) is 0.959. The Morgan fingerprint density at radius 1 is 1.21 bits per heavy atom. The first kappa shape index (κ1) is 12.0. The highest BCUT2D eigenvalue weighted by Gasteiger charge is 2.26. The van der Waals surface area contributed by atoms with Crippen molar-refractivity contribution < 1.29 is 0 Å². The summed E-state index contributed by atoms with van der Waals surface area (Å²) in [7, 11) is 0. The van der Waals surface area contributed by atoms with Crippen LogP contribution in [0.1, 0.15) is 65.7 Å². The lowest BCUT2D eigenvalue weighted by atomic mass is 9.98. The summed E-state index contributed by atoms with van der Waals surface area (Å²) < 4.78 is 0. The summed E-state index contributed by atoms with van der Waals surface area (Å²) in [6.45, 7) is 6.94. The van der Waals surface area contributed by atoms with E-state index in [1.165, 1.54) is 44.9 Å². The van der Waals surface area contributed by atoms with E-state index in [4.69, 9.17) is 0 Å². The molecule has 0 spiro atoms. The van der Waals surface area contributed by atoms with E-state index in [2.05, 4.69) is 26.1 Å². The van der Waals surface area contributed by atoms with E-state index in [1.54, 1.807) is 0 Å². The zero-order valence-electron chi connectivity index (χ0n) is 10.2. The molecule has 0 bridgehead atoms. The predicted octanol–water partition coefficient (Wildman–Crippen LogP) is 3.73. The molecule has 1 aliphatic rings. The molecule has 84 valence electrons. The predicted molar refractivity (Wildman–Crippen MR) is 63.5 cm³/mol. The van der Waals surface area contributed by atoms with E-state index in [0.29, 0.717) is 0 Å². The van der Waals surface area contributed by atoms with Crippen LogP contribution >= 0.6 is 0 Å². The SMILES string of the molecule is CCCC(CC)NC1CCCC1CC. The molecule has 0 heterocycles. The second-order valence-electron chi connectivity index (χ2n) is 4.77. The van der Waals surface area contributed by atoms with Crippen LogP contribution in [-0.2, 0) is 0 Å². The van der Waals surface area contributed by atoms with Gasteiger partial charge in [-0.2, -0.15) is 0 Å². The van der Waals surface area contributed by atoms with Crippen molar-refractivity contribution in [3.63, 3.8) is 0 Å². The van der Waals surface area contributed by atoms with Crippen molar-refractivity contribution in [2.75, 3.05) is 0 Å². The molecule has 0 aromatic rings. The smallest absolute Gasteiger partial charge is 0.00978 e. The highest BCUT2D eigenvalue weighted by atomic mass is 15.0. The van der Waals surface area contributed by atoms with Gasteiger partial charge in [-0.1, -0.05) is 40.0 Å². The average molecular weight is 197 g/mol. The Balaban J connectivity index is 2.32. The van der Waals surface area contributed by atoms with Crippen LogP contribution in [0.15, 0.2) is 0 Å². The van der Waals surface area contributed by atoms with Crippen molar-refractivity contribution >= 4 is 0 Å². The van der Waals surface area contributed by atoms with Crippen LogP contribution < -0.4 is 5.32 Å². The second-order valence-corrected chi connectivity index (χ2v) is 4.77. The van der Waals surface area contributed by atoms with Crippen molar-refractivity contribution in [3.8, 4) is 0 Å². The maximum atomic E-state index is 3.87. The van der Waals surface area contributed by atoms with Crippen LogP contribution in [-0.4, -0.2) is 12.1 Å². The molecule has 0 aliphatic heterocycles. The molecular weight excluding hydrogens is 170 g/mol. The normalized spacial score (nSPS) is 29.4. The molecule has 14 heavy (non-hydrogen) atoms. The fourth-order valence-electron chi connectivity index (χ4n) is 2.80. The summed E-state index contributed by atoms with van der Waals surface area (Å²) in [4.78, 5) is 0. The van der Waals surface area contributed by atoms with Crippen molar-refractivity contribution in [2.24, 2.45) is 5.92 Å². The van der Waals surface area contributed by atoms with Crippen molar-refractivity contribution in [1.82, 2.24) is 5.32 Å². The maximum Gasteiger partial charge on any atom is 0.00978 e. The Kier molecular flexibility index (Phi) is 5.54. The van der Waals surface area contributed by atoms with Crippen molar-refractivity contribution in [2.45, 2.75) is 77.8 Å². The molecular formula is C13H27N. The minimum atomic E-state index is 0.775. The Morgan fingerprint density at radius 3 is 2.57 bits per heavy atom. The minimum Gasteiger partial charge on any atom is -0.311 e. The molecule has 3 unspecified atom stereocenters.